The summed E-state index contributed by atoms with van der Waals surface area (Å²) in [5.74, 6) is -0.141. The minimum Gasteiger partial charge on any atom is -0.336 e. The third-order valence-electron chi connectivity index (χ3n) is 4.61. The Morgan fingerprint density at radius 3 is 2.39 bits per heavy atom. The molecule has 2 aromatic carbocycles. The Morgan fingerprint density at radius 1 is 1.11 bits per heavy atom. The van der Waals surface area contributed by atoms with E-state index in [9.17, 15) is 23.3 Å². The molecule has 0 radical (unpaired) electrons. The maximum Gasteiger partial charge on any atom is 0.270 e. The van der Waals surface area contributed by atoms with Gasteiger partial charge in [0.25, 0.3) is 11.6 Å². The fraction of sp³-hybridized carbons (Fsp3) is 0.278. The van der Waals surface area contributed by atoms with Crippen LogP contribution in [0.25, 0.3) is 0 Å². The Labute approximate surface area is 171 Å². The van der Waals surface area contributed by atoms with Crippen molar-refractivity contribution in [3.63, 3.8) is 0 Å². The maximum atomic E-state index is 12.8. The van der Waals surface area contributed by atoms with Crippen LogP contribution in [0.5, 0.6) is 0 Å². The Bertz CT molecular complexity index is 1030. The van der Waals surface area contributed by atoms with Crippen molar-refractivity contribution in [2.45, 2.75) is 11.8 Å². The largest absolute Gasteiger partial charge is 0.336 e. The highest BCUT2D eigenvalue weighted by Crippen LogP contribution is 2.23. The average molecular weight is 468 g/mol. The van der Waals surface area contributed by atoms with Crippen LogP contribution < -0.4 is 0 Å². The summed E-state index contributed by atoms with van der Waals surface area (Å²) in [6.45, 7) is 2.62. The number of nitro groups is 1. The molecule has 148 valence electrons. The number of nitrogens with zero attached hydrogens (tertiary/aromatic N) is 3. The number of amides is 1. The van der Waals surface area contributed by atoms with Crippen molar-refractivity contribution < 1.29 is 18.1 Å². The van der Waals surface area contributed by atoms with E-state index in [-0.39, 0.29) is 42.7 Å². The number of halogens is 1. The lowest BCUT2D eigenvalue weighted by molar-refractivity contribution is -0.385. The molecule has 1 amide bonds. The number of aryl methyl sites for hydroxylation is 1. The topological polar surface area (TPSA) is 101 Å². The number of hydrogen-bond acceptors (Lipinski definition) is 5. The number of sulfonamides is 1. The minimum atomic E-state index is -3.86. The second kappa shape index (κ2) is 7.98. The first-order chi connectivity index (χ1) is 13.2. The van der Waals surface area contributed by atoms with E-state index in [1.54, 1.807) is 17.0 Å². The van der Waals surface area contributed by atoms with Crippen LogP contribution in [-0.4, -0.2) is 54.6 Å². The van der Waals surface area contributed by atoms with Crippen molar-refractivity contribution in [1.82, 2.24) is 9.21 Å². The summed E-state index contributed by atoms with van der Waals surface area (Å²) in [6, 6.07) is 10.4. The molecule has 0 bridgehead atoms. The number of hydrogen-bond donors (Lipinski definition) is 0. The first kappa shape index (κ1) is 20.4. The lowest BCUT2D eigenvalue weighted by Gasteiger charge is -2.34. The fourth-order valence-corrected chi connectivity index (χ4v) is 5.01. The number of carbonyl (C=O) groups is 1. The van der Waals surface area contributed by atoms with Crippen LogP contribution in [0, 0.1) is 17.0 Å². The molecule has 2 aromatic rings. The molecule has 10 heteroatoms. The van der Waals surface area contributed by atoms with Crippen LogP contribution in [0.4, 0.5) is 5.69 Å². The molecular weight excluding hydrogens is 450 g/mol. The lowest BCUT2D eigenvalue weighted by Crippen LogP contribution is -2.50. The average Bonchev–Trinajstić information content (AvgIpc) is 2.67. The number of piperazine rings is 1. The van der Waals surface area contributed by atoms with Gasteiger partial charge in [-0.2, -0.15) is 4.31 Å². The molecule has 8 nitrogen and oxygen atoms in total. The van der Waals surface area contributed by atoms with Crippen LogP contribution in [0.2, 0.25) is 0 Å². The van der Waals surface area contributed by atoms with Gasteiger partial charge in [0, 0.05) is 48.3 Å². The first-order valence-corrected chi connectivity index (χ1v) is 10.7. The smallest absolute Gasteiger partial charge is 0.270 e. The van der Waals surface area contributed by atoms with Crippen LogP contribution in [0.1, 0.15) is 15.9 Å². The van der Waals surface area contributed by atoms with Gasteiger partial charge >= 0.3 is 0 Å². The summed E-state index contributed by atoms with van der Waals surface area (Å²) >= 11 is 3.37. The SMILES string of the molecule is Cc1cc(Br)ccc1C(=O)N1CCN(S(=O)(=O)c2cccc([N+](=O)[O-])c2)CC1. The number of nitro benzene ring substituents is 1. The third-order valence-corrected chi connectivity index (χ3v) is 7.00. The van der Waals surface area contributed by atoms with Crippen molar-refractivity contribution >= 4 is 37.5 Å². The standard InChI is InChI=1S/C18H18BrN3O5S/c1-13-11-14(19)5-6-17(13)18(23)20-7-9-21(10-8-20)28(26,27)16-4-2-3-15(12-16)22(24)25/h2-6,11-12H,7-10H2,1H3. The molecule has 0 spiro atoms. The summed E-state index contributed by atoms with van der Waals surface area (Å²) in [7, 11) is -3.86. The molecule has 0 aromatic heterocycles. The molecule has 1 heterocycles. The molecule has 0 atom stereocenters. The molecule has 28 heavy (non-hydrogen) atoms. The predicted molar refractivity (Wildman–Crippen MR) is 107 cm³/mol. The number of non-ortho nitro benzene ring substituents is 1. The molecule has 0 saturated carbocycles. The molecule has 1 fully saturated rings. The number of rotatable bonds is 4. The summed E-state index contributed by atoms with van der Waals surface area (Å²) in [5.41, 5.74) is 1.14. The van der Waals surface area contributed by atoms with Gasteiger partial charge in [-0.15, -0.1) is 0 Å². The summed E-state index contributed by atoms with van der Waals surface area (Å²) in [6.07, 6.45) is 0. The second-order valence-electron chi connectivity index (χ2n) is 6.41. The van der Waals surface area contributed by atoms with E-state index in [1.165, 1.54) is 22.5 Å². The fourth-order valence-electron chi connectivity index (χ4n) is 3.08. The monoisotopic (exact) mass is 467 g/mol. The Kier molecular flexibility index (Phi) is 5.82. The predicted octanol–water partition coefficient (Wildman–Crippen LogP) is 2.81. The van der Waals surface area contributed by atoms with Gasteiger partial charge < -0.3 is 4.90 Å². The van der Waals surface area contributed by atoms with E-state index in [0.717, 1.165) is 16.1 Å². The van der Waals surface area contributed by atoms with Crippen molar-refractivity contribution in [2.75, 3.05) is 26.2 Å². The Hall–Kier alpha value is -2.30. The van der Waals surface area contributed by atoms with Gasteiger partial charge in [-0.05, 0) is 36.8 Å². The number of carbonyl (C=O) groups excluding carboxylic acids is 1. The summed E-state index contributed by atoms with van der Waals surface area (Å²) in [5, 5.41) is 10.9. The maximum absolute atomic E-state index is 12.8. The zero-order valence-electron chi connectivity index (χ0n) is 15.0. The zero-order chi connectivity index (χ0) is 20.5. The molecule has 1 aliphatic rings. The minimum absolute atomic E-state index is 0.120. The van der Waals surface area contributed by atoms with Crippen LogP contribution in [0.3, 0.4) is 0 Å². The van der Waals surface area contributed by atoms with Gasteiger partial charge in [0.1, 0.15) is 0 Å². The van der Waals surface area contributed by atoms with Crippen molar-refractivity contribution in [2.24, 2.45) is 0 Å². The molecule has 0 unspecified atom stereocenters. The van der Waals surface area contributed by atoms with Gasteiger partial charge in [-0.3, -0.25) is 14.9 Å². The van der Waals surface area contributed by atoms with Crippen LogP contribution in [0.15, 0.2) is 51.8 Å². The van der Waals surface area contributed by atoms with Crippen LogP contribution in [-0.2, 0) is 10.0 Å². The van der Waals surface area contributed by atoms with E-state index in [2.05, 4.69) is 15.9 Å². The zero-order valence-corrected chi connectivity index (χ0v) is 17.4. The number of benzene rings is 2. The highest BCUT2D eigenvalue weighted by molar-refractivity contribution is 9.10. The molecule has 1 saturated heterocycles. The van der Waals surface area contributed by atoms with E-state index >= 15 is 0 Å². The van der Waals surface area contributed by atoms with Crippen molar-refractivity contribution in [1.29, 1.82) is 0 Å². The van der Waals surface area contributed by atoms with Gasteiger partial charge in [0.2, 0.25) is 10.0 Å². The Morgan fingerprint density at radius 2 is 1.79 bits per heavy atom. The van der Waals surface area contributed by atoms with Gasteiger partial charge in [0.05, 0.1) is 9.82 Å². The molecule has 3 rings (SSSR count). The summed E-state index contributed by atoms with van der Waals surface area (Å²) in [4.78, 5) is 24.5. The van der Waals surface area contributed by atoms with Crippen molar-refractivity contribution in [3.05, 3.63) is 68.2 Å². The van der Waals surface area contributed by atoms with E-state index in [0.29, 0.717) is 5.56 Å². The van der Waals surface area contributed by atoms with E-state index in [1.807, 2.05) is 13.0 Å². The van der Waals surface area contributed by atoms with E-state index < -0.39 is 14.9 Å². The third kappa shape index (κ3) is 4.08. The lowest BCUT2D eigenvalue weighted by atomic mass is 10.1. The highest BCUT2D eigenvalue weighted by atomic mass is 79.9. The first-order valence-electron chi connectivity index (χ1n) is 8.50. The van der Waals surface area contributed by atoms with Gasteiger partial charge in [-0.1, -0.05) is 22.0 Å². The van der Waals surface area contributed by atoms with Gasteiger partial charge in [-0.25, -0.2) is 8.42 Å². The van der Waals surface area contributed by atoms with E-state index in [4.69, 9.17) is 0 Å². The van der Waals surface area contributed by atoms with Gasteiger partial charge in [0.15, 0.2) is 0 Å². The molecule has 0 aliphatic carbocycles. The summed E-state index contributed by atoms with van der Waals surface area (Å²) < 4.78 is 27.7. The van der Waals surface area contributed by atoms with Crippen LogP contribution >= 0.6 is 15.9 Å². The second-order valence-corrected chi connectivity index (χ2v) is 9.26. The molecular formula is C18H18BrN3O5S. The molecule has 0 N–H and O–H groups in total. The highest BCUT2D eigenvalue weighted by Gasteiger charge is 2.31. The molecule has 1 aliphatic heterocycles. The normalized spacial score (nSPS) is 15.4. The quantitative estimate of drug-likeness (QED) is 0.508. The Balaban J connectivity index is 1.73. The van der Waals surface area contributed by atoms with Crippen molar-refractivity contribution in [3.8, 4) is 0 Å².